The number of hydrogen-bond acceptors (Lipinski definition) is 6. The quantitative estimate of drug-likeness (QED) is 0.413. The van der Waals surface area contributed by atoms with Crippen molar-refractivity contribution in [3.05, 3.63) is 23.8 Å². The van der Waals surface area contributed by atoms with Crippen LogP contribution in [0, 0.1) is 0 Å². The molecule has 1 aromatic carbocycles. The van der Waals surface area contributed by atoms with Crippen LogP contribution in [0.1, 0.15) is 65.4 Å². The van der Waals surface area contributed by atoms with E-state index in [9.17, 15) is 14.1 Å². The zero-order chi connectivity index (χ0) is 24.2. The van der Waals surface area contributed by atoms with Gasteiger partial charge in [0.15, 0.2) is 0 Å². The Morgan fingerprint density at radius 3 is 2.45 bits per heavy atom. The molecule has 1 saturated carbocycles. The molecule has 0 spiro atoms. The second kappa shape index (κ2) is 11.1. The van der Waals surface area contributed by atoms with Gasteiger partial charge < -0.3 is 18.9 Å². The normalized spacial score (nSPS) is 19.2. The molecule has 1 aromatic rings. The maximum Gasteiger partial charge on any atom is 0.412 e. The predicted molar refractivity (Wildman–Crippen MR) is 135 cm³/mol. The maximum absolute atomic E-state index is 13.8. The lowest BCUT2D eigenvalue weighted by Crippen LogP contribution is -2.43. The van der Waals surface area contributed by atoms with E-state index in [0.717, 1.165) is 42.6 Å². The summed E-state index contributed by atoms with van der Waals surface area (Å²) in [5, 5.41) is 10.1. The van der Waals surface area contributed by atoms with Crippen LogP contribution in [-0.2, 0) is 38.3 Å². The van der Waals surface area contributed by atoms with Crippen LogP contribution in [0.4, 0.5) is 10.5 Å². The van der Waals surface area contributed by atoms with Crippen LogP contribution in [0.25, 0.3) is 0 Å². The van der Waals surface area contributed by atoms with Crippen LogP contribution in [0.2, 0.25) is 0 Å². The zero-order valence-corrected chi connectivity index (χ0v) is 22.3. The fraction of sp³-hybridized carbons (Fsp3) is 0.682. The lowest BCUT2D eigenvalue weighted by molar-refractivity contribution is 0.138. The SMILES string of the molecule is CCOP(=S)(OCC)N(C1CCCCC1)S(=O)CN(C(=O)O)c1cccc2c1OC(C)(C)C2. The molecule has 0 radical (unpaired) electrons. The fourth-order valence-corrected chi connectivity index (χ4v) is 10.2. The second-order valence-corrected chi connectivity index (χ2v) is 13.7. The third kappa shape index (κ3) is 6.16. The minimum atomic E-state index is -3.05. The predicted octanol–water partition coefficient (Wildman–Crippen LogP) is 5.44. The molecular weight excluding hydrogens is 483 g/mol. The van der Waals surface area contributed by atoms with Gasteiger partial charge in [0.05, 0.1) is 18.9 Å². The van der Waals surface area contributed by atoms with Crippen molar-refractivity contribution in [2.45, 2.75) is 77.9 Å². The second-order valence-electron chi connectivity index (χ2n) is 8.86. The largest absolute Gasteiger partial charge is 0.485 e. The highest BCUT2D eigenvalue weighted by molar-refractivity contribution is 8.12. The molecule has 11 heteroatoms. The summed E-state index contributed by atoms with van der Waals surface area (Å²) in [4.78, 5) is 13.4. The first-order valence-corrected chi connectivity index (χ1v) is 15.4. The van der Waals surface area contributed by atoms with Gasteiger partial charge in [-0.25, -0.2) is 9.00 Å². The van der Waals surface area contributed by atoms with E-state index in [0.29, 0.717) is 31.1 Å². The van der Waals surface area contributed by atoms with Gasteiger partial charge >= 0.3 is 6.09 Å². The lowest BCUT2D eigenvalue weighted by Gasteiger charge is -2.39. The summed E-state index contributed by atoms with van der Waals surface area (Å²) in [7, 11) is -1.78. The van der Waals surface area contributed by atoms with E-state index in [1.807, 2.05) is 33.8 Å². The summed E-state index contributed by atoms with van der Waals surface area (Å²) in [6.07, 6.45) is 4.26. The van der Waals surface area contributed by atoms with Crippen molar-refractivity contribution in [1.29, 1.82) is 0 Å². The number of rotatable bonds is 10. The van der Waals surface area contributed by atoms with Crippen LogP contribution in [0.3, 0.4) is 0 Å². The van der Waals surface area contributed by atoms with E-state index in [-0.39, 0.29) is 11.9 Å². The van der Waals surface area contributed by atoms with Gasteiger partial charge in [-0.15, -0.1) is 4.08 Å². The van der Waals surface area contributed by atoms with Crippen molar-refractivity contribution in [3.63, 3.8) is 0 Å². The Kier molecular flexibility index (Phi) is 8.97. The molecule has 186 valence electrons. The van der Waals surface area contributed by atoms with Crippen molar-refractivity contribution >= 4 is 41.2 Å². The van der Waals surface area contributed by atoms with Crippen molar-refractivity contribution < 1.29 is 27.9 Å². The number of hydrogen-bond donors (Lipinski definition) is 1. The average Bonchev–Trinajstić information content (AvgIpc) is 3.07. The number of benzene rings is 1. The number of nitrogens with zero attached hydrogens (tertiary/aromatic N) is 2. The van der Waals surface area contributed by atoms with Gasteiger partial charge in [-0.1, -0.05) is 31.4 Å². The molecule has 2 aliphatic rings. The molecule has 0 bridgehead atoms. The Labute approximate surface area is 204 Å². The fourth-order valence-electron chi connectivity index (χ4n) is 4.47. The van der Waals surface area contributed by atoms with E-state index in [1.54, 1.807) is 16.2 Å². The highest BCUT2D eigenvalue weighted by atomic mass is 32.5. The van der Waals surface area contributed by atoms with E-state index < -0.39 is 29.3 Å². The first-order chi connectivity index (χ1) is 15.6. The van der Waals surface area contributed by atoms with Gasteiger partial charge in [0.2, 0.25) is 0 Å². The number of fused-ring (bicyclic) bond motifs is 1. The topological polar surface area (TPSA) is 88.5 Å². The molecule has 1 atom stereocenters. The summed E-state index contributed by atoms with van der Waals surface area (Å²) < 4.78 is 33.4. The summed E-state index contributed by atoms with van der Waals surface area (Å²) in [5.41, 5.74) is 0.900. The molecule has 8 nitrogen and oxygen atoms in total. The zero-order valence-electron chi connectivity index (χ0n) is 19.8. The molecule has 33 heavy (non-hydrogen) atoms. The summed E-state index contributed by atoms with van der Waals surface area (Å²) in [5.74, 6) is 0.255. The molecule has 3 rings (SSSR count). The highest BCUT2D eigenvalue weighted by Gasteiger charge is 2.41. The molecule has 1 aliphatic heterocycles. The minimum absolute atomic E-state index is 0.0733. The van der Waals surface area contributed by atoms with Crippen molar-refractivity contribution in [2.75, 3.05) is 24.0 Å². The van der Waals surface area contributed by atoms with E-state index in [2.05, 4.69) is 0 Å². The van der Waals surface area contributed by atoms with Gasteiger partial charge in [0.25, 0.3) is 6.64 Å². The Bertz CT molecular complexity index is 912. The molecule has 1 heterocycles. The third-order valence-electron chi connectivity index (χ3n) is 5.75. The van der Waals surface area contributed by atoms with Crippen LogP contribution in [-0.4, -0.2) is 50.2 Å². The monoisotopic (exact) mass is 518 g/mol. The van der Waals surface area contributed by atoms with Gasteiger partial charge in [0.1, 0.15) is 28.2 Å². The Morgan fingerprint density at radius 1 is 1.24 bits per heavy atom. The standard InChI is InChI=1S/C22H35N2O6PS2/c1-5-28-31(32,29-6-2)24(18-12-8-7-9-13-18)33(27)16-23(21(25)26)19-14-10-11-17-15-22(3,4)30-20(17)19/h10-11,14,18H,5-9,12-13,15-16H2,1-4H3,(H,25,26). The Hall–Kier alpha value is -1.03. The smallest absolute Gasteiger partial charge is 0.412 e. The van der Waals surface area contributed by atoms with Crippen molar-refractivity contribution in [3.8, 4) is 5.75 Å². The summed E-state index contributed by atoms with van der Waals surface area (Å²) in [6.45, 7) is 5.19. The molecule has 1 N–H and O–H groups in total. The van der Waals surface area contributed by atoms with Gasteiger partial charge in [-0.05, 0) is 58.4 Å². The number of ether oxygens (including phenoxy) is 1. The summed E-state index contributed by atoms with van der Waals surface area (Å²) in [6, 6.07) is 5.36. The molecule has 1 aliphatic carbocycles. The number of carboxylic acid groups (broad SMARTS) is 1. The first kappa shape index (κ1) is 26.6. The maximum atomic E-state index is 13.8. The third-order valence-corrected chi connectivity index (χ3v) is 11.6. The van der Waals surface area contributed by atoms with Crippen molar-refractivity contribution in [2.24, 2.45) is 0 Å². The highest BCUT2D eigenvalue weighted by Crippen LogP contribution is 2.56. The van der Waals surface area contributed by atoms with E-state index >= 15 is 0 Å². The van der Waals surface area contributed by atoms with Crippen LogP contribution >= 0.6 is 6.64 Å². The lowest BCUT2D eigenvalue weighted by atomic mass is 9.96. The average molecular weight is 519 g/mol. The summed E-state index contributed by atoms with van der Waals surface area (Å²) >= 11 is 5.83. The van der Waals surface area contributed by atoms with Gasteiger partial charge in [-0.3, -0.25) is 4.90 Å². The van der Waals surface area contributed by atoms with Crippen LogP contribution in [0.5, 0.6) is 5.75 Å². The van der Waals surface area contributed by atoms with Crippen molar-refractivity contribution in [1.82, 2.24) is 4.08 Å². The Balaban J connectivity index is 1.95. The molecule has 1 unspecified atom stereocenters. The minimum Gasteiger partial charge on any atom is -0.485 e. The number of anilines is 1. The van der Waals surface area contributed by atoms with E-state index in [4.69, 9.17) is 25.6 Å². The molecule has 0 aromatic heterocycles. The van der Waals surface area contributed by atoms with Gasteiger partial charge in [0, 0.05) is 18.0 Å². The van der Waals surface area contributed by atoms with E-state index in [1.165, 1.54) is 0 Å². The molecule has 0 saturated heterocycles. The van der Waals surface area contributed by atoms with Crippen LogP contribution in [0.15, 0.2) is 18.2 Å². The Morgan fingerprint density at radius 2 is 1.88 bits per heavy atom. The number of amides is 1. The van der Waals surface area contributed by atoms with Crippen LogP contribution < -0.4 is 9.64 Å². The first-order valence-electron chi connectivity index (χ1n) is 11.5. The van der Waals surface area contributed by atoms with Gasteiger partial charge in [-0.2, -0.15) is 0 Å². The molecular formula is C22H35N2O6PS2. The number of para-hydroxylation sites is 1. The molecule has 1 fully saturated rings. The number of carbonyl (C=O) groups is 1. The molecule has 1 amide bonds.